The van der Waals surface area contributed by atoms with E-state index in [1.165, 1.54) is 16.3 Å². The van der Waals surface area contributed by atoms with Crippen molar-refractivity contribution in [2.45, 2.75) is 33.1 Å². The van der Waals surface area contributed by atoms with Crippen LogP contribution >= 0.6 is 11.6 Å². The van der Waals surface area contributed by atoms with E-state index >= 15 is 0 Å². The van der Waals surface area contributed by atoms with Crippen molar-refractivity contribution in [2.75, 3.05) is 23.3 Å². The van der Waals surface area contributed by atoms with Gasteiger partial charge in [0.15, 0.2) is 0 Å². The van der Waals surface area contributed by atoms with Crippen molar-refractivity contribution >= 4 is 29.0 Å². The number of halogens is 1. The van der Waals surface area contributed by atoms with Gasteiger partial charge in [-0.2, -0.15) is 4.68 Å². The Balaban J connectivity index is 1.50. The number of rotatable bonds is 5. The Kier molecular flexibility index (Phi) is 6.61. The zero-order valence-electron chi connectivity index (χ0n) is 18.3. The Morgan fingerprint density at radius 2 is 1.94 bits per heavy atom. The van der Waals surface area contributed by atoms with Gasteiger partial charge in [0.1, 0.15) is 5.82 Å². The van der Waals surface area contributed by atoms with Crippen molar-refractivity contribution in [3.05, 3.63) is 81.1 Å². The Morgan fingerprint density at radius 3 is 2.66 bits per heavy atom. The standard InChI is InChI=1S/C25H27ClN4O2/c1-3-18-7-9-20(10-8-18)27-25(32)19-5-4-14-29(16-19)23-12-13-24(31)30(28-23)21-11-6-17(2)22(26)15-21/h6-13,15,19H,3-5,14,16H2,1-2H3,(H,27,32)/t19-/m1/s1. The van der Waals surface area contributed by atoms with Gasteiger partial charge in [0.05, 0.1) is 11.6 Å². The summed E-state index contributed by atoms with van der Waals surface area (Å²) >= 11 is 6.24. The summed E-state index contributed by atoms with van der Waals surface area (Å²) in [6, 6.07) is 16.6. The normalized spacial score (nSPS) is 16.1. The van der Waals surface area contributed by atoms with Crippen LogP contribution in [0.15, 0.2) is 59.4 Å². The average molecular weight is 451 g/mol. The predicted molar refractivity (Wildman–Crippen MR) is 129 cm³/mol. The summed E-state index contributed by atoms with van der Waals surface area (Å²) in [6.07, 6.45) is 2.67. The van der Waals surface area contributed by atoms with Crippen LogP contribution in [0.5, 0.6) is 0 Å². The van der Waals surface area contributed by atoms with Crippen LogP contribution in [0.4, 0.5) is 11.5 Å². The van der Waals surface area contributed by atoms with Gasteiger partial charge >= 0.3 is 0 Å². The smallest absolute Gasteiger partial charge is 0.271 e. The van der Waals surface area contributed by atoms with E-state index in [9.17, 15) is 9.59 Å². The van der Waals surface area contributed by atoms with E-state index in [4.69, 9.17) is 11.6 Å². The molecule has 1 aromatic heterocycles. The summed E-state index contributed by atoms with van der Waals surface area (Å²) in [5.41, 5.74) is 3.38. The molecule has 2 aromatic carbocycles. The molecule has 0 aliphatic carbocycles. The van der Waals surface area contributed by atoms with E-state index in [-0.39, 0.29) is 17.4 Å². The number of piperidine rings is 1. The molecule has 6 nitrogen and oxygen atoms in total. The second-order valence-corrected chi connectivity index (χ2v) is 8.61. The van der Waals surface area contributed by atoms with Crippen LogP contribution in [0.2, 0.25) is 5.02 Å². The molecule has 1 atom stereocenters. The number of aryl methyl sites for hydroxylation is 2. The predicted octanol–water partition coefficient (Wildman–Crippen LogP) is 4.61. The van der Waals surface area contributed by atoms with Crippen LogP contribution < -0.4 is 15.8 Å². The summed E-state index contributed by atoms with van der Waals surface area (Å²) in [5, 5.41) is 8.20. The van der Waals surface area contributed by atoms with Crippen molar-refractivity contribution in [1.29, 1.82) is 0 Å². The summed E-state index contributed by atoms with van der Waals surface area (Å²) in [6.45, 7) is 5.36. The monoisotopic (exact) mass is 450 g/mol. The molecule has 0 radical (unpaired) electrons. The topological polar surface area (TPSA) is 67.2 Å². The highest BCUT2D eigenvalue weighted by Gasteiger charge is 2.27. The highest BCUT2D eigenvalue weighted by molar-refractivity contribution is 6.31. The number of nitrogens with zero attached hydrogens (tertiary/aromatic N) is 3. The third-order valence-corrected chi connectivity index (χ3v) is 6.34. The number of nitrogens with one attached hydrogen (secondary N) is 1. The van der Waals surface area contributed by atoms with E-state index in [0.29, 0.717) is 23.1 Å². The molecule has 32 heavy (non-hydrogen) atoms. The Bertz CT molecular complexity index is 1170. The number of hydrogen-bond acceptors (Lipinski definition) is 4. The lowest BCUT2D eigenvalue weighted by Gasteiger charge is -2.33. The van der Waals surface area contributed by atoms with Gasteiger partial charge in [-0.05, 0) is 67.6 Å². The van der Waals surface area contributed by atoms with Crippen LogP contribution in [0.1, 0.15) is 30.9 Å². The van der Waals surface area contributed by atoms with Gasteiger partial charge in [-0.25, -0.2) is 0 Å². The number of aromatic nitrogens is 2. The molecule has 1 aliphatic rings. The van der Waals surface area contributed by atoms with Gasteiger partial charge in [0.25, 0.3) is 5.56 Å². The Labute approximate surface area is 192 Å². The minimum atomic E-state index is -0.226. The maximum absolute atomic E-state index is 12.9. The molecule has 1 saturated heterocycles. The molecule has 4 rings (SSSR count). The summed E-state index contributed by atoms with van der Waals surface area (Å²) in [5.74, 6) is 0.536. The first-order valence-corrected chi connectivity index (χ1v) is 11.3. The molecule has 0 spiro atoms. The van der Waals surface area contributed by atoms with E-state index in [0.717, 1.165) is 37.1 Å². The third-order valence-electron chi connectivity index (χ3n) is 5.93. The minimum Gasteiger partial charge on any atom is -0.354 e. The zero-order valence-corrected chi connectivity index (χ0v) is 19.1. The van der Waals surface area contributed by atoms with E-state index in [2.05, 4.69) is 22.2 Å². The fourth-order valence-corrected chi connectivity index (χ4v) is 4.11. The average Bonchev–Trinajstić information content (AvgIpc) is 2.82. The summed E-state index contributed by atoms with van der Waals surface area (Å²) < 4.78 is 1.36. The molecule has 0 unspecified atom stereocenters. The first-order valence-electron chi connectivity index (χ1n) is 11.0. The van der Waals surface area contributed by atoms with Crippen molar-refractivity contribution in [2.24, 2.45) is 5.92 Å². The minimum absolute atomic E-state index is 0.0117. The number of anilines is 2. The first kappa shape index (κ1) is 22.1. The van der Waals surface area contributed by atoms with Crippen LogP contribution in [-0.4, -0.2) is 28.8 Å². The van der Waals surface area contributed by atoms with Crippen molar-refractivity contribution in [3.63, 3.8) is 0 Å². The molecule has 1 N–H and O–H groups in total. The number of amides is 1. The summed E-state index contributed by atoms with van der Waals surface area (Å²) in [7, 11) is 0. The highest BCUT2D eigenvalue weighted by atomic mass is 35.5. The second-order valence-electron chi connectivity index (χ2n) is 8.20. The van der Waals surface area contributed by atoms with Gasteiger partial charge in [-0.15, -0.1) is 5.10 Å². The van der Waals surface area contributed by atoms with Crippen molar-refractivity contribution in [3.8, 4) is 5.69 Å². The molecule has 1 aliphatic heterocycles. The van der Waals surface area contributed by atoms with Gasteiger partial charge < -0.3 is 10.2 Å². The number of carbonyl (C=O) groups is 1. The van der Waals surface area contributed by atoms with Gasteiger partial charge in [-0.1, -0.05) is 36.7 Å². The Morgan fingerprint density at radius 1 is 1.16 bits per heavy atom. The molecule has 1 fully saturated rings. The van der Waals surface area contributed by atoms with Crippen LogP contribution in [0.25, 0.3) is 5.69 Å². The molecular formula is C25H27ClN4O2. The van der Waals surface area contributed by atoms with Crippen molar-refractivity contribution in [1.82, 2.24) is 9.78 Å². The lowest BCUT2D eigenvalue weighted by Crippen LogP contribution is -2.41. The number of carbonyl (C=O) groups excluding carboxylic acids is 1. The maximum atomic E-state index is 12.9. The molecule has 166 valence electrons. The lowest BCUT2D eigenvalue weighted by molar-refractivity contribution is -0.120. The van der Waals surface area contributed by atoms with Crippen LogP contribution in [0, 0.1) is 12.8 Å². The fraction of sp³-hybridized carbons (Fsp3) is 0.320. The van der Waals surface area contributed by atoms with E-state index in [1.807, 2.05) is 43.3 Å². The highest BCUT2D eigenvalue weighted by Crippen LogP contribution is 2.24. The third kappa shape index (κ3) is 4.86. The van der Waals surface area contributed by atoms with Gasteiger partial charge in [0.2, 0.25) is 5.91 Å². The quantitative estimate of drug-likeness (QED) is 0.616. The first-order chi connectivity index (χ1) is 15.4. The molecule has 1 amide bonds. The molecule has 3 aromatic rings. The number of hydrogen-bond donors (Lipinski definition) is 1. The molecular weight excluding hydrogens is 424 g/mol. The van der Waals surface area contributed by atoms with Gasteiger partial charge in [0, 0.05) is 29.9 Å². The molecule has 2 heterocycles. The van der Waals surface area contributed by atoms with E-state index < -0.39 is 0 Å². The maximum Gasteiger partial charge on any atom is 0.271 e. The number of benzene rings is 2. The van der Waals surface area contributed by atoms with Crippen molar-refractivity contribution < 1.29 is 4.79 Å². The van der Waals surface area contributed by atoms with Gasteiger partial charge in [-0.3, -0.25) is 9.59 Å². The van der Waals surface area contributed by atoms with Crippen LogP contribution in [0.3, 0.4) is 0 Å². The molecule has 7 heteroatoms. The second kappa shape index (κ2) is 9.57. The van der Waals surface area contributed by atoms with E-state index in [1.54, 1.807) is 12.1 Å². The fourth-order valence-electron chi connectivity index (χ4n) is 3.94. The molecule has 0 saturated carbocycles. The summed E-state index contributed by atoms with van der Waals surface area (Å²) in [4.78, 5) is 27.4. The lowest BCUT2D eigenvalue weighted by atomic mass is 9.97. The SMILES string of the molecule is CCc1ccc(NC(=O)[C@@H]2CCCN(c3ccc(=O)n(-c4ccc(C)c(Cl)c4)n3)C2)cc1. The Hall–Kier alpha value is -3.12. The zero-order chi connectivity index (χ0) is 22.7. The largest absolute Gasteiger partial charge is 0.354 e. The molecule has 0 bridgehead atoms. The van der Waals surface area contributed by atoms with Crippen LogP contribution in [-0.2, 0) is 11.2 Å².